The van der Waals surface area contributed by atoms with Crippen molar-refractivity contribution in [1.82, 2.24) is 4.31 Å². The van der Waals surface area contributed by atoms with Crippen molar-refractivity contribution >= 4 is 27.6 Å². The van der Waals surface area contributed by atoms with Gasteiger partial charge >= 0.3 is 5.97 Å². The summed E-state index contributed by atoms with van der Waals surface area (Å²) in [6.07, 6.45) is -0.0203. The van der Waals surface area contributed by atoms with Crippen molar-refractivity contribution in [3.8, 4) is 0 Å². The van der Waals surface area contributed by atoms with Crippen LogP contribution in [0.5, 0.6) is 0 Å². The molecule has 0 unspecified atom stereocenters. The van der Waals surface area contributed by atoms with Crippen molar-refractivity contribution in [2.75, 3.05) is 18.4 Å². The molecule has 114 valence electrons. The highest BCUT2D eigenvalue weighted by molar-refractivity contribution is 7.89. The third-order valence-electron chi connectivity index (χ3n) is 3.20. The van der Waals surface area contributed by atoms with E-state index in [-0.39, 0.29) is 36.2 Å². The maximum Gasteiger partial charge on any atom is 0.303 e. The van der Waals surface area contributed by atoms with Gasteiger partial charge in [-0.05, 0) is 30.2 Å². The highest BCUT2D eigenvalue weighted by atomic mass is 32.2. The Morgan fingerprint density at radius 3 is 2.33 bits per heavy atom. The summed E-state index contributed by atoms with van der Waals surface area (Å²) < 4.78 is 25.8. The minimum absolute atomic E-state index is 0.0203. The Morgan fingerprint density at radius 1 is 1.29 bits per heavy atom. The van der Waals surface area contributed by atoms with Gasteiger partial charge in [0, 0.05) is 25.7 Å². The summed E-state index contributed by atoms with van der Waals surface area (Å²) >= 11 is 0. The molecular formula is C13H16N2O5S. The van der Waals surface area contributed by atoms with E-state index in [1.165, 1.54) is 35.5 Å². The quantitative estimate of drug-likeness (QED) is 0.834. The second-order valence-corrected chi connectivity index (χ2v) is 6.93. The monoisotopic (exact) mass is 312 g/mol. The molecule has 1 saturated heterocycles. The molecule has 1 amide bonds. The number of nitrogens with one attached hydrogen (secondary N) is 1. The fourth-order valence-corrected chi connectivity index (χ4v) is 3.75. The van der Waals surface area contributed by atoms with Crippen LogP contribution in [0.25, 0.3) is 0 Å². The van der Waals surface area contributed by atoms with E-state index in [2.05, 4.69) is 5.32 Å². The van der Waals surface area contributed by atoms with Gasteiger partial charge in [0.25, 0.3) is 0 Å². The van der Waals surface area contributed by atoms with Crippen molar-refractivity contribution in [3.63, 3.8) is 0 Å². The average molecular weight is 312 g/mol. The SMILES string of the molecule is CC(=O)Nc1ccc(S(=O)(=O)N2CC(CC(=O)O)C2)cc1. The van der Waals surface area contributed by atoms with Gasteiger partial charge in [0.2, 0.25) is 15.9 Å². The first-order chi connectivity index (χ1) is 9.79. The Hall–Kier alpha value is -1.93. The van der Waals surface area contributed by atoms with E-state index in [4.69, 9.17) is 5.11 Å². The summed E-state index contributed by atoms with van der Waals surface area (Å²) in [5.41, 5.74) is 0.522. The molecule has 7 nitrogen and oxygen atoms in total. The number of hydrogen-bond acceptors (Lipinski definition) is 4. The Morgan fingerprint density at radius 2 is 1.86 bits per heavy atom. The van der Waals surface area contributed by atoms with Crippen LogP contribution in [0.2, 0.25) is 0 Å². The lowest BCUT2D eigenvalue weighted by molar-refractivity contribution is -0.139. The molecule has 2 rings (SSSR count). The lowest BCUT2D eigenvalue weighted by atomic mass is 10.00. The van der Waals surface area contributed by atoms with Crippen LogP contribution >= 0.6 is 0 Å². The van der Waals surface area contributed by atoms with E-state index in [1.807, 2.05) is 0 Å². The molecule has 1 aliphatic rings. The van der Waals surface area contributed by atoms with Crippen molar-refractivity contribution in [2.24, 2.45) is 5.92 Å². The molecule has 0 saturated carbocycles. The number of carboxylic acid groups (broad SMARTS) is 1. The van der Waals surface area contributed by atoms with Gasteiger partial charge in [0.05, 0.1) is 11.3 Å². The molecule has 1 aromatic carbocycles. The molecule has 1 fully saturated rings. The molecule has 0 atom stereocenters. The number of carboxylic acids is 1. The van der Waals surface area contributed by atoms with Gasteiger partial charge in [-0.1, -0.05) is 0 Å². The van der Waals surface area contributed by atoms with Crippen LogP contribution in [0.1, 0.15) is 13.3 Å². The Balaban J connectivity index is 2.04. The molecule has 0 spiro atoms. The zero-order valence-corrected chi connectivity index (χ0v) is 12.3. The molecule has 0 aliphatic carbocycles. The molecule has 0 aromatic heterocycles. The van der Waals surface area contributed by atoms with Crippen molar-refractivity contribution in [1.29, 1.82) is 0 Å². The first kappa shape index (κ1) is 15.5. The maximum absolute atomic E-state index is 12.3. The Labute approximate surface area is 122 Å². The number of anilines is 1. The zero-order chi connectivity index (χ0) is 15.6. The molecule has 8 heteroatoms. The molecule has 2 N–H and O–H groups in total. The second-order valence-electron chi connectivity index (χ2n) is 4.99. The smallest absolute Gasteiger partial charge is 0.303 e. The number of hydrogen-bond donors (Lipinski definition) is 2. The van der Waals surface area contributed by atoms with E-state index in [1.54, 1.807) is 0 Å². The number of amides is 1. The van der Waals surface area contributed by atoms with Gasteiger partial charge in [-0.3, -0.25) is 9.59 Å². The largest absolute Gasteiger partial charge is 0.481 e. The highest BCUT2D eigenvalue weighted by Crippen LogP contribution is 2.27. The number of sulfonamides is 1. The number of aliphatic carboxylic acids is 1. The van der Waals surface area contributed by atoms with Crippen molar-refractivity contribution in [3.05, 3.63) is 24.3 Å². The number of nitrogens with zero attached hydrogens (tertiary/aromatic N) is 1. The van der Waals surface area contributed by atoms with E-state index in [0.717, 1.165) is 0 Å². The van der Waals surface area contributed by atoms with Gasteiger partial charge in [0.15, 0.2) is 0 Å². The predicted octanol–water partition coefficient (Wildman–Crippen LogP) is 0.740. The van der Waals surface area contributed by atoms with Crippen LogP contribution in [0.15, 0.2) is 29.2 Å². The van der Waals surface area contributed by atoms with Crippen LogP contribution in [0, 0.1) is 5.92 Å². The van der Waals surface area contributed by atoms with E-state index in [9.17, 15) is 18.0 Å². The number of carbonyl (C=O) groups excluding carboxylic acids is 1. The number of benzene rings is 1. The maximum atomic E-state index is 12.3. The topological polar surface area (TPSA) is 104 Å². The highest BCUT2D eigenvalue weighted by Gasteiger charge is 2.37. The van der Waals surface area contributed by atoms with Gasteiger partial charge in [0.1, 0.15) is 0 Å². The lowest BCUT2D eigenvalue weighted by Crippen LogP contribution is -2.50. The van der Waals surface area contributed by atoms with E-state index >= 15 is 0 Å². The van der Waals surface area contributed by atoms with Gasteiger partial charge in [-0.25, -0.2) is 8.42 Å². The summed E-state index contributed by atoms with van der Waals surface area (Å²) in [7, 11) is -3.59. The van der Waals surface area contributed by atoms with E-state index in [0.29, 0.717) is 5.69 Å². The minimum Gasteiger partial charge on any atom is -0.481 e. The lowest BCUT2D eigenvalue weighted by Gasteiger charge is -2.37. The molecule has 1 heterocycles. The second kappa shape index (κ2) is 5.82. The first-order valence-electron chi connectivity index (χ1n) is 6.38. The van der Waals surface area contributed by atoms with Gasteiger partial charge in [-0.15, -0.1) is 0 Å². The van der Waals surface area contributed by atoms with Crippen LogP contribution < -0.4 is 5.32 Å². The molecule has 0 bridgehead atoms. The van der Waals surface area contributed by atoms with Crippen molar-refractivity contribution < 1.29 is 23.1 Å². The number of rotatable bonds is 5. The van der Waals surface area contributed by atoms with E-state index < -0.39 is 16.0 Å². The number of carbonyl (C=O) groups is 2. The van der Waals surface area contributed by atoms with Gasteiger partial charge < -0.3 is 10.4 Å². The molecule has 1 aliphatic heterocycles. The average Bonchev–Trinajstić information content (AvgIpc) is 2.32. The molecule has 0 radical (unpaired) electrons. The standard InChI is InChI=1S/C13H16N2O5S/c1-9(16)14-11-2-4-12(5-3-11)21(19,20)15-7-10(8-15)6-13(17)18/h2-5,10H,6-8H2,1H3,(H,14,16)(H,17,18). The third kappa shape index (κ3) is 3.59. The van der Waals surface area contributed by atoms with Crippen LogP contribution in [0.3, 0.4) is 0 Å². The summed E-state index contributed by atoms with van der Waals surface area (Å²) in [6, 6.07) is 5.88. The van der Waals surface area contributed by atoms with Gasteiger partial charge in [-0.2, -0.15) is 4.31 Å². The predicted molar refractivity (Wildman–Crippen MR) is 75.2 cm³/mol. The fourth-order valence-electron chi connectivity index (χ4n) is 2.16. The molecule has 1 aromatic rings. The first-order valence-corrected chi connectivity index (χ1v) is 7.82. The third-order valence-corrected chi connectivity index (χ3v) is 5.05. The summed E-state index contributed by atoms with van der Waals surface area (Å²) in [6.45, 7) is 1.82. The summed E-state index contributed by atoms with van der Waals surface area (Å²) in [5.74, 6) is -1.28. The zero-order valence-electron chi connectivity index (χ0n) is 11.4. The summed E-state index contributed by atoms with van der Waals surface area (Å²) in [5, 5.41) is 11.2. The Bertz CT molecular complexity index is 648. The van der Waals surface area contributed by atoms with Crippen molar-refractivity contribution in [2.45, 2.75) is 18.2 Å². The summed E-state index contributed by atoms with van der Waals surface area (Å²) in [4.78, 5) is 21.6. The normalized spacial score (nSPS) is 16.2. The fraction of sp³-hybridized carbons (Fsp3) is 0.385. The molecule has 21 heavy (non-hydrogen) atoms. The Kier molecular flexibility index (Phi) is 4.29. The molecular weight excluding hydrogens is 296 g/mol. The van der Waals surface area contributed by atoms with Crippen LogP contribution in [-0.4, -0.2) is 42.8 Å². The van der Waals surface area contributed by atoms with Crippen LogP contribution in [0.4, 0.5) is 5.69 Å². The minimum atomic E-state index is -3.59. The van der Waals surface area contributed by atoms with Crippen LogP contribution in [-0.2, 0) is 19.6 Å².